The highest BCUT2D eigenvalue weighted by Gasteiger charge is 2.32. The molecule has 1 N–H and O–H groups in total. The minimum Gasteiger partial charge on any atom is -0.492 e. The van der Waals surface area contributed by atoms with Gasteiger partial charge in [-0.25, -0.2) is 4.98 Å². The third-order valence-corrected chi connectivity index (χ3v) is 3.59. The summed E-state index contributed by atoms with van der Waals surface area (Å²) in [4.78, 5) is 3.99. The van der Waals surface area contributed by atoms with Crippen LogP contribution < -0.4 is 9.47 Å². The summed E-state index contributed by atoms with van der Waals surface area (Å²) < 4.78 is 13.6. The van der Waals surface area contributed by atoms with E-state index >= 15 is 0 Å². The molecule has 1 aromatic carbocycles. The van der Waals surface area contributed by atoms with Gasteiger partial charge in [-0.05, 0) is 26.0 Å². The van der Waals surface area contributed by atoms with Crippen LogP contribution >= 0.6 is 0 Å². The zero-order chi connectivity index (χ0) is 14.9. The van der Waals surface area contributed by atoms with Crippen molar-refractivity contribution >= 4 is 0 Å². The van der Waals surface area contributed by atoms with Crippen LogP contribution in [0.4, 0.5) is 0 Å². The average Bonchev–Trinajstić information content (AvgIpc) is 2.90. The van der Waals surface area contributed by atoms with Crippen LogP contribution in [0.2, 0.25) is 0 Å². The van der Waals surface area contributed by atoms with Crippen molar-refractivity contribution < 1.29 is 14.6 Å². The fourth-order valence-electron chi connectivity index (χ4n) is 2.57. The van der Waals surface area contributed by atoms with Crippen LogP contribution in [0.25, 0.3) is 0 Å². The first-order valence-electron chi connectivity index (χ1n) is 7.13. The number of fused-ring (bicyclic) bond motifs is 1. The standard InChI is InChI=1S/C16H20N2O3/c1-16(2)10-14(19)13-4-3-12(9-15(13)21-16)20-8-7-18-6-5-17-11-18/h3-6,9,11,14,19H,7-8,10H2,1-2H3. The van der Waals surface area contributed by atoms with E-state index in [0.29, 0.717) is 18.8 Å². The second kappa shape index (κ2) is 5.41. The molecule has 21 heavy (non-hydrogen) atoms. The van der Waals surface area contributed by atoms with Gasteiger partial charge in [0.1, 0.15) is 23.7 Å². The van der Waals surface area contributed by atoms with E-state index in [-0.39, 0.29) is 5.60 Å². The minimum absolute atomic E-state index is 0.359. The van der Waals surface area contributed by atoms with Crippen LogP contribution in [0.3, 0.4) is 0 Å². The van der Waals surface area contributed by atoms with E-state index in [1.54, 1.807) is 12.5 Å². The molecule has 3 rings (SSSR count). The number of rotatable bonds is 4. The Morgan fingerprint density at radius 1 is 1.48 bits per heavy atom. The van der Waals surface area contributed by atoms with Gasteiger partial charge < -0.3 is 19.1 Å². The van der Waals surface area contributed by atoms with Crippen LogP contribution in [-0.4, -0.2) is 26.9 Å². The highest BCUT2D eigenvalue weighted by molar-refractivity contribution is 5.43. The van der Waals surface area contributed by atoms with Crippen molar-refractivity contribution in [1.29, 1.82) is 0 Å². The number of aliphatic hydroxyl groups excluding tert-OH is 1. The fourth-order valence-corrected chi connectivity index (χ4v) is 2.57. The topological polar surface area (TPSA) is 56.5 Å². The molecular formula is C16H20N2O3. The van der Waals surface area contributed by atoms with E-state index in [1.807, 2.05) is 42.8 Å². The number of ether oxygens (including phenoxy) is 2. The van der Waals surface area contributed by atoms with E-state index in [4.69, 9.17) is 9.47 Å². The van der Waals surface area contributed by atoms with Gasteiger partial charge in [0.05, 0.1) is 19.0 Å². The third-order valence-electron chi connectivity index (χ3n) is 3.59. The second-order valence-electron chi connectivity index (χ2n) is 5.93. The molecule has 2 heterocycles. The Balaban J connectivity index is 1.68. The SMILES string of the molecule is CC1(C)CC(O)c2ccc(OCCn3ccnc3)cc2O1. The van der Waals surface area contributed by atoms with E-state index in [2.05, 4.69) is 4.98 Å². The smallest absolute Gasteiger partial charge is 0.129 e. The molecule has 1 atom stereocenters. The molecule has 0 aliphatic carbocycles. The summed E-state index contributed by atoms with van der Waals surface area (Å²) in [5.74, 6) is 1.46. The summed E-state index contributed by atoms with van der Waals surface area (Å²) >= 11 is 0. The Labute approximate surface area is 124 Å². The van der Waals surface area contributed by atoms with Crippen LogP contribution in [-0.2, 0) is 6.54 Å². The predicted octanol–water partition coefficient (Wildman–Crippen LogP) is 2.56. The Morgan fingerprint density at radius 2 is 2.33 bits per heavy atom. The Hall–Kier alpha value is -2.01. The minimum atomic E-state index is -0.483. The van der Waals surface area contributed by atoms with Crippen molar-refractivity contribution in [3.05, 3.63) is 42.5 Å². The molecule has 1 aromatic heterocycles. The van der Waals surface area contributed by atoms with Crippen LogP contribution in [0.15, 0.2) is 36.9 Å². The number of nitrogens with zero attached hydrogens (tertiary/aromatic N) is 2. The summed E-state index contributed by atoms with van der Waals surface area (Å²) in [7, 11) is 0. The van der Waals surface area contributed by atoms with Crippen molar-refractivity contribution in [2.45, 2.75) is 38.5 Å². The number of hydrogen-bond acceptors (Lipinski definition) is 4. The maximum Gasteiger partial charge on any atom is 0.129 e. The number of imidazole rings is 1. The molecule has 0 spiro atoms. The zero-order valence-corrected chi connectivity index (χ0v) is 12.3. The molecular weight excluding hydrogens is 268 g/mol. The van der Waals surface area contributed by atoms with Gasteiger partial charge in [0.15, 0.2) is 0 Å². The molecule has 2 aromatic rings. The van der Waals surface area contributed by atoms with Crippen molar-refractivity contribution in [2.75, 3.05) is 6.61 Å². The number of aliphatic hydroxyl groups is 1. The van der Waals surface area contributed by atoms with Crippen LogP contribution in [0.1, 0.15) is 31.9 Å². The van der Waals surface area contributed by atoms with Gasteiger partial charge in [-0.2, -0.15) is 0 Å². The third kappa shape index (κ3) is 3.19. The summed E-state index contributed by atoms with van der Waals surface area (Å²) in [5.41, 5.74) is 0.471. The van der Waals surface area contributed by atoms with Gasteiger partial charge in [-0.1, -0.05) is 0 Å². The largest absolute Gasteiger partial charge is 0.492 e. The molecule has 0 saturated heterocycles. The quantitative estimate of drug-likeness (QED) is 0.939. The number of hydrogen-bond donors (Lipinski definition) is 1. The highest BCUT2D eigenvalue weighted by Crippen LogP contribution is 2.40. The Kier molecular flexibility index (Phi) is 3.59. The Bertz CT molecular complexity index is 608. The van der Waals surface area contributed by atoms with Gasteiger partial charge in [0.2, 0.25) is 0 Å². The van der Waals surface area contributed by atoms with E-state index in [1.165, 1.54) is 0 Å². The molecule has 1 aliphatic rings. The average molecular weight is 288 g/mol. The van der Waals surface area contributed by atoms with Gasteiger partial charge in [0, 0.05) is 30.4 Å². The van der Waals surface area contributed by atoms with Gasteiger partial charge in [-0.3, -0.25) is 0 Å². The maximum atomic E-state index is 10.2. The Morgan fingerprint density at radius 3 is 3.10 bits per heavy atom. The van der Waals surface area contributed by atoms with E-state index < -0.39 is 6.10 Å². The molecule has 0 bridgehead atoms. The van der Waals surface area contributed by atoms with Crippen molar-refractivity contribution in [3.8, 4) is 11.5 Å². The van der Waals surface area contributed by atoms with Crippen LogP contribution in [0, 0.1) is 0 Å². The summed E-state index contributed by atoms with van der Waals surface area (Å²) in [5, 5.41) is 10.2. The van der Waals surface area contributed by atoms with Crippen molar-refractivity contribution in [2.24, 2.45) is 0 Å². The molecule has 1 unspecified atom stereocenters. The summed E-state index contributed by atoms with van der Waals surface area (Å²) in [6.45, 7) is 5.25. The summed E-state index contributed by atoms with van der Waals surface area (Å²) in [6, 6.07) is 5.60. The second-order valence-corrected chi connectivity index (χ2v) is 5.93. The molecule has 112 valence electrons. The van der Waals surface area contributed by atoms with Crippen molar-refractivity contribution in [1.82, 2.24) is 9.55 Å². The fraction of sp³-hybridized carbons (Fsp3) is 0.438. The molecule has 1 aliphatic heterocycles. The lowest BCUT2D eigenvalue weighted by Gasteiger charge is -2.35. The lowest BCUT2D eigenvalue weighted by atomic mass is 9.92. The molecule has 0 radical (unpaired) electrons. The van der Waals surface area contributed by atoms with E-state index in [0.717, 1.165) is 17.9 Å². The van der Waals surface area contributed by atoms with Crippen molar-refractivity contribution in [3.63, 3.8) is 0 Å². The normalized spacial score (nSPS) is 19.7. The van der Waals surface area contributed by atoms with Gasteiger partial charge >= 0.3 is 0 Å². The van der Waals surface area contributed by atoms with Gasteiger partial charge in [0.25, 0.3) is 0 Å². The first-order valence-corrected chi connectivity index (χ1v) is 7.13. The van der Waals surface area contributed by atoms with Crippen LogP contribution in [0.5, 0.6) is 11.5 Å². The number of aromatic nitrogens is 2. The number of benzene rings is 1. The molecule has 0 fully saturated rings. The zero-order valence-electron chi connectivity index (χ0n) is 12.3. The summed E-state index contributed by atoms with van der Waals surface area (Å²) in [6.07, 6.45) is 5.52. The molecule has 5 nitrogen and oxygen atoms in total. The predicted molar refractivity (Wildman–Crippen MR) is 78.4 cm³/mol. The molecule has 5 heteroatoms. The first kappa shape index (κ1) is 13.9. The van der Waals surface area contributed by atoms with Gasteiger partial charge in [-0.15, -0.1) is 0 Å². The highest BCUT2D eigenvalue weighted by atomic mass is 16.5. The maximum absolute atomic E-state index is 10.2. The first-order chi connectivity index (χ1) is 10.0. The molecule has 0 amide bonds. The lowest BCUT2D eigenvalue weighted by Crippen LogP contribution is -2.34. The lowest BCUT2D eigenvalue weighted by molar-refractivity contribution is 0.0113. The monoisotopic (exact) mass is 288 g/mol. The molecule has 0 saturated carbocycles. The van der Waals surface area contributed by atoms with E-state index in [9.17, 15) is 5.11 Å².